The molecule has 0 bridgehead atoms. The zero-order chi connectivity index (χ0) is 43.3. The third-order valence-electron chi connectivity index (χ3n) is 10.5. The molecule has 0 radical (unpaired) electrons. The molecule has 22 nitrogen and oxygen atoms in total. The fourth-order valence-electron chi connectivity index (χ4n) is 7.24. The van der Waals surface area contributed by atoms with Crippen LogP contribution in [-0.2, 0) is 36.5 Å². The van der Waals surface area contributed by atoms with Crippen molar-refractivity contribution in [3.63, 3.8) is 0 Å². The number of amides is 2. The van der Waals surface area contributed by atoms with Crippen molar-refractivity contribution in [3.05, 3.63) is 83.0 Å². The number of fused-ring (bicyclic) bond motifs is 2. The van der Waals surface area contributed by atoms with Gasteiger partial charge in [-0.1, -0.05) is 24.8 Å². The van der Waals surface area contributed by atoms with Gasteiger partial charge in [-0.25, -0.2) is 19.6 Å². The molecule has 62 heavy (non-hydrogen) atoms. The molecule has 2 saturated heterocycles. The van der Waals surface area contributed by atoms with Gasteiger partial charge in [0.1, 0.15) is 46.9 Å². The summed E-state index contributed by atoms with van der Waals surface area (Å²) in [5.74, 6) is -3.31. The number of hydrogen-bond acceptors (Lipinski definition) is 16. The van der Waals surface area contributed by atoms with E-state index in [9.17, 15) is 49.5 Å². The molecule has 2 atom stereocenters. The SMILES string of the molecule is Cn1cnc(C(N)C(=O)N2CC(Oc3ccc4c(c3C(=O)O)O[B-](O)(O)CC4)C2)c1.Cn1cnc(C(N)C(=O)N2CC(Oc3ccc4c(c3C(=O)O)O[B-](O)(O)CC4)C2)c1.[Na+].[Na+]. The summed E-state index contributed by atoms with van der Waals surface area (Å²) in [4.78, 5) is 59.8. The summed E-state index contributed by atoms with van der Waals surface area (Å²) in [5.41, 5.74) is 13.5. The van der Waals surface area contributed by atoms with Gasteiger partial charge in [-0.3, -0.25) is 9.59 Å². The minimum absolute atomic E-state index is 0. The predicted molar refractivity (Wildman–Crippen MR) is 208 cm³/mol. The van der Waals surface area contributed by atoms with E-state index in [1.54, 1.807) is 60.4 Å². The van der Waals surface area contributed by atoms with E-state index in [4.69, 9.17) is 30.2 Å². The topological polar surface area (TPSA) is 321 Å². The number of nitrogens with zero attached hydrogens (tertiary/aromatic N) is 6. The summed E-state index contributed by atoms with van der Waals surface area (Å²) >= 11 is 0. The number of likely N-dealkylation sites (tertiary alicyclic amines) is 2. The fraction of sp³-hybridized carbons (Fsp3) is 0.389. The second-order valence-electron chi connectivity index (χ2n) is 15.3. The molecule has 4 aromatic rings. The minimum Gasteiger partial charge on any atom is -0.669 e. The van der Waals surface area contributed by atoms with E-state index < -0.39 is 49.7 Å². The number of rotatable bonds is 10. The van der Waals surface area contributed by atoms with Crippen molar-refractivity contribution in [2.75, 3.05) is 26.2 Å². The summed E-state index contributed by atoms with van der Waals surface area (Å²) in [6.07, 6.45) is 6.14. The van der Waals surface area contributed by atoms with Gasteiger partial charge in [-0.05, 0) is 36.1 Å². The Morgan fingerprint density at radius 2 is 1.03 bits per heavy atom. The number of carbonyl (C=O) groups excluding carboxylic acids is 2. The van der Waals surface area contributed by atoms with Gasteiger partial charge < -0.3 is 79.5 Å². The Bertz CT molecular complexity index is 2180. The number of nitrogens with two attached hydrogens (primary N) is 2. The molecule has 8 rings (SSSR count). The van der Waals surface area contributed by atoms with Crippen molar-refractivity contribution in [2.24, 2.45) is 25.6 Å². The third-order valence-corrected chi connectivity index (χ3v) is 10.5. The maximum atomic E-state index is 12.5. The van der Waals surface area contributed by atoms with Crippen molar-refractivity contribution >= 4 is 37.3 Å². The fourth-order valence-corrected chi connectivity index (χ4v) is 7.24. The van der Waals surface area contributed by atoms with Gasteiger partial charge in [-0.2, -0.15) is 0 Å². The van der Waals surface area contributed by atoms with Crippen LogP contribution in [0.2, 0.25) is 12.6 Å². The molecule has 2 amide bonds. The molecule has 4 aliphatic rings. The van der Waals surface area contributed by atoms with Crippen LogP contribution in [0.4, 0.5) is 0 Å². The van der Waals surface area contributed by atoms with Crippen molar-refractivity contribution in [1.29, 1.82) is 0 Å². The molecule has 26 heteroatoms. The summed E-state index contributed by atoms with van der Waals surface area (Å²) in [6, 6.07) is 4.54. The van der Waals surface area contributed by atoms with Crippen molar-refractivity contribution in [3.8, 4) is 23.0 Å². The Morgan fingerprint density at radius 3 is 1.34 bits per heavy atom. The number of ether oxygens (including phenoxy) is 2. The van der Waals surface area contributed by atoms with Crippen molar-refractivity contribution in [2.45, 2.75) is 49.8 Å². The zero-order valence-corrected chi connectivity index (χ0v) is 38.5. The van der Waals surface area contributed by atoms with Crippen LogP contribution in [0.1, 0.15) is 55.3 Å². The normalized spacial score (nSPS) is 18.1. The molecule has 4 aliphatic heterocycles. The Kier molecular flexibility index (Phi) is 15.2. The molecule has 0 spiro atoms. The zero-order valence-electron chi connectivity index (χ0n) is 34.5. The summed E-state index contributed by atoms with van der Waals surface area (Å²) in [6.45, 7) is -5.26. The van der Waals surface area contributed by atoms with Crippen LogP contribution in [0.25, 0.3) is 0 Å². The predicted octanol–water partition coefficient (Wildman–Crippen LogP) is -7.46. The monoisotopic (exact) mass is 880 g/mol. The maximum Gasteiger partial charge on any atom is 1.00 e. The summed E-state index contributed by atoms with van der Waals surface area (Å²) in [7, 11) is 3.56. The smallest absolute Gasteiger partial charge is 0.669 e. The number of carboxylic acid groups (broad SMARTS) is 2. The van der Waals surface area contributed by atoms with E-state index in [0.717, 1.165) is 0 Å². The second kappa shape index (κ2) is 19.3. The second-order valence-corrected chi connectivity index (χ2v) is 15.3. The first-order valence-electron chi connectivity index (χ1n) is 19.0. The number of benzene rings is 2. The molecule has 2 unspecified atom stereocenters. The molecule has 10 N–H and O–H groups in total. The number of hydrogen-bond donors (Lipinski definition) is 8. The molecule has 320 valence electrons. The largest absolute Gasteiger partial charge is 1.00 e. The van der Waals surface area contributed by atoms with E-state index in [1.165, 1.54) is 21.9 Å². The van der Waals surface area contributed by atoms with Gasteiger partial charge in [-0.15, -0.1) is 0 Å². The average molecular weight is 880 g/mol. The number of aromatic nitrogens is 4. The number of imidazole rings is 2. The minimum atomic E-state index is -3.11. The molecule has 2 aromatic heterocycles. The van der Waals surface area contributed by atoms with Crippen LogP contribution < -0.4 is 89.4 Å². The standard InChI is InChI=1S/2C18H22BN4O7.2Na/c2*1-22-8-12(21-9-22)15(20)17(24)23-6-11(7-23)29-13-3-2-10-4-5-19(27,28)30-16(10)14(13)18(25)26;;/h2*2-3,8-9,11,15,27-28H,4-7,20H2,1H3,(H,25,26);;/q2*-1;2*+1. The summed E-state index contributed by atoms with van der Waals surface area (Å²) < 4.78 is 25.2. The van der Waals surface area contributed by atoms with Gasteiger partial charge in [0.25, 0.3) is 0 Å². The first-order chi connectivity index (χ1) is 28.3. The van der Waals surface area contributed by atoms with E-state index in [1.807, 2.05) is 0 Å². The number of carboxylic acids is 2. The first-order valence-corrected chi connectivity index (χ1v) is 19.0. The van der Waals surface area contributed by atoms with Crippen LogP contribution in [0.5, 0.6) is 23.0 Å². The molecular weight excluding hydrogens is 836 g/mol. The first kappa shape index (κ1) is 48.9. The van der Waals surface area contributed by atoms with Crippen molar-refractivity contribution in [1.82, 2.24) is 28.9 Å². The molecular formula is C36H44B2N8Na2O14. The number of aryl methyl sites for hydroxylation is 4. The van der Waals surface area contributed by atoms with E-state index in [2.05, 4.69) is 9.97 Å². The van der Waals surface area contributed by atoms with Crippen LogP contribution in [0.3, 0.4) is 0 Å². The summed E-state index contributed by atoms with van der Waals surface area (Å²) in [5, 5.41) is 58.5. The van der Waals surface area contributed by atoms with Gasteiger partial charge in [0.15, 0.2) is 0 Å². The Hall–Kier alpha value is -4.17. The van der Waals surface area contributed by atoms with E-state index >= 15 is 0 Å². The van der Waals surface area contributed by atoms with Gasteiger partial charge in [0, 0.05) is 26.5 Å². The van der Waals surface area contributed by atoms with Crippen molar-refractivity contribution < 1.29 is 127 Å². The molecule has 2 aromatic carbocycles. The van der Waals surface area contributed by atoms with Crippen LogP contribution in [0, 0.1) is 0 Å². The Balaban J connectivity index is 0.000000227. The third kappa shape index (κ3) is 10.6. The number of aromatic carboxylic acids is 2. The molecule has 6 heterocycles. The number of carbonyl (C=O) groups is 4. The van der Waals surface area contributed by atoms with Gasteiger partial charge >= 0.3 is 84.6 Å². The average Bonchev–Trinajstić information content (AvgIpc) is 3.79. The van der Waals surface area contributed by atoms with Crippen LogP contribution in [0.15, 0.2) is 49.3 Å². The van der Waals surface area contributed by atoms with Crippen LogP contribution in [-0.4, -0.2) is 135 Å². The van der Waals surface area contributed by atoms with Gasteiger partial charge in [0.2, 0.25) is 11.8 Å². The Labute approximate surface area is 398 Å². The Morgan fingerprint density at radius 1 is 0.677 bits per heavy atom. The molecule has 2 fully saturated rings. The molecule has 0 saturated carbocycles. The molecule has 0 aliphatic carbocycles. The van der Waals surface area contributed by atoms with Crippen LogP contribution >= 0.6 is 0 Å². The quantitative estimate of drug-likeness (QED) is 0.0686. The maximum absolute atomic E-state index is 12.5. The van der Waals surface area contributed by atoms with E-state index in [0.29, 0.717) is 22.5 Å². The van der Waals surface area contributed by atoms with E-state index in [-0.39, 0.29) is 157 Å². The van der Waals surface area contributed by atoms with Gasteiger partial charge in [0.05, 0.1) is 61.7 Å².